The van der Waals surface area contributed by atoms with Crippen LogP contribution >= 0.6 is 11.3 Å². The zero-order valence-electron chi connectivity index (χ0n) is 17.6. The lowest BCUT2D eigenvalue weighted by atomic mass is 9.72. The van der Waals surface area contributed by atoms with Crippen molar-refractivity contribution in [3.63, 3.8) is 0 Å². The van der Waals surface area contributed by atoms with E-state index in [0.717, 1.165) is 25.9 Å². The number of carboxylic acid groups (broad SMARTS) is 1. The molecule has 3 aliphatic rings. The third-order valence-corrected chi connectivity index (χ3v) is 7.28. The molecule has 2 bridgehead atoms. The Kier molecular flexibility index (Phi) is 7.15. The van der Waals surface area contributed by atoms with Gasteiger partial charge in [0.25, 0.3) is 18.3 Å². The van der Waals surface area contributed by atoms with E-state index in [4.69, 9.17) is 14.3 Å². The maximum atomic E-state index is 12.9. The Bertz CT molecular complexity index is 906. The lowest BCUT2D eigenvalue weighted by molar-refractivity contribution is -0.122. The third-order valence-electron chi connectivity index (χ3n) is 6.69. The Labute approximate surface area is 189 Å². The molecule has 4 atom stereocenters. The van der Waals surface area contributed by atoms with Crippen molar-refractivity contribution in [3.8, 4) is 0 Å². The van der Waals surface area contributed by atoms with Crippen LogP contribution in [0.4, 0.5) is 0 Å². The highest BCUT2D eigenvalue weighted by atomic mass is 32.1. The van der Waals surface area contributed by atoms with Crippen LogP contribution in [-0.4, -0.2) is 81.4 Å². The van der Waals surface area contributed by atoms with E-state index >= 15 is 0 Å². The topological polar surface area (TPSA) is 129 Å². The van der Waals surface area contributed by atoms with Gasteiger partial charge in [-0.25, -0.2) is 9.97 Å². The van der Waals surface area contributed by atoms with Gasteiger partial charge in [-0.2, -0.15) is 0 Å². The lowest BCUT2D eigenvalue weighted by Gasteiger charge is -2.56. The van der Waals surface area contributed by atoms with Crippen molar-refractivity contribution >= 4 is 29.6 Å². The fourth-order valence-corrected chi connectivity index (χ4v) is 5.98. The predicted molar refractivity (Wildman–Crippen MR) is 115 cm³/mol. The minimum atomic E-state index is -0.250. The molecule has 0 aliphatic carbocycles. The number of carbonyl (C=O) groups excluding carboxylic acids is 2. The molecule has 2 N–H and O–H groups in total. The molecule has 3 fully saturated rings. The summed E-state index contributed by atoms with van der Waals surface area (Å²) in [6, 6.07) is 0.718. The molecule has 2 amide bonds. The number of nitrogens with zero attached hydrogens (tertiary/aromatic N) is 4. The number of hydrogen-bond donors (Lipinski definition) is 2. The van der Waals surface area contributed by atoms with E-state index in [2.05, 4.69) is 20.2 Å². The van der Waals surface area contributed by atoms with Gasteiger partial charge >= 0.3 is 0 Å². The molecule has 172 valence electrons. The van der Waals surface area contributed by atoms with Gasteiger partial charge in [0.1, 0.15) is 5.69 Å². The molecule has 3 aliphatic heterocycles. The molecule has 5 heterocycles. The highest BCUT2D eigenvalue weighted by molar-refractivity contribution is 7.07. The van der Waals surface area contributed by atoms with E-state index in [-0.39, 0.29) is 24.3 Å². The second-order valence-corrected chi connectivity index (χ2v) is 9.11. The molecule has 11 heteroatoms. The molecule has 2 aromatic rings. The maximum Gasteiger partial charge on any atom is 0.291 e. The first-order chi connectivity index (χ1) is 15.6. The van der Waals surface area contributed by atoms with Crippen molar-refractivity contribution in [2.45, 2.75) is 37.8 Å². The molecule has 10 nitrogen and oxygen atoms in total. The normalized spacial score (nSPS) is 26.9. The van der Waals surface area contributed by atoms with E-state index in [1.165, 1.54) is 36.8 Å². The van der Waals surface area contributed by atoms with E-state index in [1.54, 1.807) is 10.9 Å². The molecule has 0 saturated carbocycles. The van der Waals surface area contributed by atoms with Crippen molar-refractivity contribution < 1.29 is 23.9 Å². The number of fused-ring (bicyclic) bond motifs is 4. The van der Waals surface area contributed by atoms with Gasteiger partial charge in [-0.05, 0) is 37.6 Å². The Balaban J connectivity index is 0.000000775. The van der Waals surface area contributed by atoms with Gasteiger partial charge in [-0.15, -0.1) is 11.3 Å². The van der Waals surface area contributed by atoms with E-state index in [1.807, 2.05) is 4.90 Å². The summed E-state index contributed by atoms with van der Waals surface area (Å²) in [6.45, 7) is 2.88. The fourth-order valence-electron chi connectivity index (χ4n) is 5.44. The van der Waals surface area contributed by atoms with Crippen LogP contribution in [0.3, 0.4) is 0 Å². The first kappa shape index (κ1) is 22.4. The van der Waals surface area contributed by atoms with Gasteiger partial charge in [-0.3, -0.25) is 19.3 Å². The van der Waals surface area contributed by atoms with Gasteiger partial charge in [0.05, 0.1) is 11.7 Å². The minimum Gasteiger partial charge on any atom is -0.483 e. The maximum absolute atomic E-state index is 12.9. The number of likely N-dealkylation sites (tertiary alicyclic amines) is 1. The molecular weight excluding hydrogens is 434 g/mol. The van der Waals surface area contributed by atoms with E-state index in [0.29, 0.717) is 42.4 Å². The molecule has 2 aromatic heterocycles. The highest BCUT2D eigenvalue weighted by Crippen LogP contribution is 2.41. The summed E-state index contributed by atoms with van der Waals surface area (Å²) >= 11 is 1.42. The summed E-state index contributed by atoms with van der Waals surface area (Å²) in [6.07, 6.45) is 7.50. The SMILES string of the molecule is O=C(NC[C@H]1[C@H]2C[C@H](CN(C(=O)c3cnco3)C2)[C@@H]2CCCCN21)c1cscn1.O=CO. The Morgan fingerprint density at radius 1 is 1.31 bits per heavy atom. The van der Waals surface area contributed by atoms with Crippen LogP contribution in [0.2, 0.25) is 0 Å². The van der Waals surface area contributed by atoms with Crippen LogP contribution in [0.1, 0.15) is 46.7 Å². The summed E-state index contributed by atoms with van der Waals surface area (Å²) in [5.41, 5.74) is 2.15. The van der Waals surface area contributed by atoms with Crippen molar-refractivity contribution in [2.75, 3.05) is 26.2 Å². The van der Waals surface area contributed by atoms with Crippen LogP contribution in [0.15, 0.2) is 27.9 Å². The number of thiazole rings is 1. The average molecular weight is 462 g/mol. The fraction of sp³-hybridized carbons (Fsp3) is 0.571. The van der Waals surface area contributed by atoms with Crippen LogP contribution in [-0.2, 0) is 4.79 Å². The lowest BCUT2D eigenvalue weighted by Crippen LogP contribution is -2.66. The van der Waals surface area contributed by atoms with Crippen LogP contribution in [0.5, 0.6) is 0 Å². The highest BCUT2D eigenvalue weighted by Gasteiger charge is 2.48. The summed E-state index contributed by atoms with van der Waals surface area (Å²) in [7, 11) is 0. The zero-order valence-corrected chi connectivity index (χ0v) is 18.4. The monoisotopic (exact) mass is 461 g/mol. The molecule has 32 heavy (non-hydrogen) atoms. The van der Waals surface area contributed by atoms with Crippen molar-refractivity contribution in [3.05, 3.63) is 34.9 Å². The first-order valence-electron chi connectivity index (χ1n) is 10.8. The first-order valence-corrected chi connectivity index (χ1v) is 11.7. The van der Waals surface area contributed by atoms with Gasteiger partial charge in [0, 0.05) is 37.1 Å². The number of aromatic nitrogens is 2. The number of piperidine rings is 3. The summed E-state index contributed by atoms with van der Waals surface area (Å²) < 4.78 is 5.25. The molecule has 3 saturated heterocycles. The van der Waals surface area contributed by atoms with Gasteiger partial charge in [0.2, 0.25) is 5.76 Å². The quantitative estimate of drug-likeness (QED) is 0.657. The zero-order chi connectivity index (χ0) is 22.5. The Hall–Kier alpha value is -2.79. The minimum absolute atomic E-state index is 0.0771. The number of oxazole rings is 1. The van der Waals surface area contributed by atoms with Crippen molar-refractivity contribution in [2.24, 2.45) is 11.8 Å². The number of amides is 2. The van der Waals surface area contributed by atoms with Crippen LogP contribution < -0.4 is 5.32 Å². The number of rotatable bonds is 4. The number of nitrogens with one attached hydrogen (secondary N) is 1. The van der Waals surface area contributed by atoms with E-state index < -0.39 is 0 Å². The van der Waals surface area contributed by atoms with E-state index in [9.17, 15) is 9.59 Å². The van der Waals surface area contributed by atoms with Crippen LogP contribution in [0.25, 0.3) is 0 Å². The Morgan fingerprint density at radius 3 is 2.84 bits per heavy atom. The van der Waals surface area contributed by atoms with Gasteiger partial charge in [-0.1, -0.05) is 6.42 Å². The van der Waals surface area contributed by atoms with Gasteiger partial charge < -0.3 is 19.7 Å². The molecule has 0 spiro atoms. The van der Waals surface area contributed by atoms with Crippen molar-refractivity contribution in [1.82, 2.24) is 25.1 Å². The molecule has 0 unspecified atom stereocenters. The Morgan fingerprint density at radius 2 is 2.12 bits per heavy atom. The summed E-state index contributed by atoms with van der Waals surface area (Å²) in [4.78, 5) is 46.2. The van der Waals surface area contributed by atoms with Crippen LogP contribution in [0, 0.1) is 11.8 Å². The largest absolute Gasteiger partial charge is 0.483 e. The average Bonchev–Trinajstić information content (AvgIpc) is 3.53. The number of hydrogen-bond acceptors (Lipinski definition) is 8. The second-order valence-electron chi connectivity index (χ2n) is 8.39. The smallest absolute Gasteiger partial charge is 0.291 e. The molecular formula is C21H27N5O5S. The molecule has 5 rings (SSSR count). The molecule has 0 aromatic carbocycles. The third kappa shape index (κ3) is 4.68. The standard InChI is InChI=1S/C20H25N5O3S.CH2O2/c26-19(15-10-29-12-23-15)22-6-17-14-5-13(16-3-1-2-4-25(16)17)8-24(9-14)20(27)18-7-21-11-28-18;2-1-3/h7,10-14,16-17H,1-6,8-9H2,(H,22,26);1H,(H,2,3)/t13-,14+,16+,17+;/m1./s1. The summed E-state index contributed by atoms with van der Waals surface area (Å²) in [5, 5.41) is 11.8. The van der Waals surface area contributed by atoms with Gasteiger partial charge in [0.15, 0.2) is 6.39 Å². The number of carbonyl (C=O) groups is 3. The molecule has 0 radical (unpaired) electrons. The van der Waals surface area contributed by atoms with Crippen molar-refractivity contribution in [1.29, 1.82) is 0 Å². The summed E-state index contributed by atoms with van der Waals surface area (Å²) in [5.74, 6) is 0.926. The second kappa shape index (κ2) is 10.2. The predicted octanol–water partition coefficient (Wildman–Crippen LogP) is 1.58.